The first kappa shape index (κ1) is 14.4. The molecule has 4 aromatic rings. The van der Waals surface area contributed by atoms with Gasteiger partial charge in [0.2, 0.25) is 0 Å². The van der Waals surface area contributed by atoms with Crippen molar-refractivity contribution in [3.05, 3.63) is 83.7 Å². The maximum absolute atomic E-state index is 2.34. The number of hydrogen-bond donors (Lipinski definition) is 0. The van der Waals surface area contributed by atoms with Gasteiger partial charge in [0.05, 0.1) is 0 Å². The molecule has 23 heavy (non-hydrogen) atoms. The Morgan fingerprint density at radius 3 is 1.87 bits per heavy atom. The maximum atomic E-state index is 2.34. The predicted octanol–water partition coefficient (Wildman–Crippen LogP) is 7.12. The molecule has 0 bridgehead atoms. The molecule has 0 atom stereocenters. The van der Waals surface area contributed by atoms with E-state index >= 15 is 0 Å². The first-order valence-corrected chi connectivity index (χ1v) is 9.26. The highest BCUT2D eigenvalue weighted by molar-refractivity contribution is 7.24. The molecule has 0 aliphatic rings. The van der Waals surface area contributed by atoms with Crippen LogP contribution >= 0.6 is 22.7 Å². The lowest BCUT2D eigenvalue weighted by molar-refractivity contribution is 1.64. The highest BCUT2D eigenvalue weighted by Crippen LogP contribution is 2.44. The molecule has 0 amide bonds. The first-order chi connectivity index (χ1) is 11.3. The largest absolute Gasteiger partial charge is 0.140 e. The molecule has 0 radical (unpaired) electrons. The molecule has 0 saturated carbocycles. The monoisotopic (exact) mass is 332 g/mol. The summed E-state index contributed by atoms with van der Waals surface area (Å²) in [4.78, 5) is 5.40. The second kappa shape index (κ2) is 6.15. The summed E-state index contributed by atoms with van der Waals surface area (Å²) in [7, 11) is 0. The van der Waals surface area contributed by atoms with E-state index in [1.54, 1.807) is 0 Å². The first-order valence-electron chi connectivity index (χ1n) is 7.63. The van der Waals surface area contributed by atoms with Gasteiger partial charge >= 0.3 is 0 Å². The summed E-state index contributed by atoms with van der Waals surface area (Å²) in [5.41, 5.74) is 3.89. The highest BCUT2D eigenvalue weighted by atomic mass is 32.1. The third kappa shape index (κ3) is 2.88. The standard InChI is InChI=1S/C21H16S2/c1-15-12-13-19(22-15)20-14-18(16-8-4-2-5-9-16)21(23-20)17-10-6-3-7-11-17/h2-14H,1H3. The predicted molar refractivity (Wildman–Crippen MR) is 103 cm³/mol. The molecule has 0 nitrogen and oxygen atoms in total. The van der Waals surface area contributed by atoms with Crippen LogP contribution in [-0.2, 0) is 0 Å². The Bertz CT molecular complexity index is 858. The molecule has 0 aliphatic carbocycles. The van der Waals surface area contributed by atoms with Crippen LogP contribution in [-0.4, -0.2) is 0 Å². The number of rotatable bonds is 3. The fourth-order valence-electron chi connectivity index (χ4n) is 2.72. The van der Waals surface area contributed by atoms with E-state index in [0.717, 1.165) is 0 Å². The van der Waals surface area contributed by atoms with Gasteiger partial charge in [-0.15, -0.1) is 22.7 Å². The summed E-state index contributed by atoms with van der Waals surface area (Å²) < 4.78 is 0. The van der Waals surface area contributed by atoms with Crippen molar-refractivity contribution in [1.29, 1.82) is 0 Å². The minimum Gasteiger partial charge on any atom is -0.140 e. The van der Waals surface area contributed by atoms with Crippen molar-refractivity contribution >= 4 is 22.7 Å². The lowest BCUT2D eigenvalue weighted by Crippen LogP contribution is -1.78. The fraction of sp³-hybridized carbons (Fsp3) is 0.0476. The average Bonchev–Trinajstić information content (AvgIpc) is 3.23. The van der Waals surface area contributed by atoms with E-state index in [4.69, 9.17) is 0 Å². The molecule has 0 saturated heterocycles. The van der Waals surface area contributed by atoms with Crippen molar-refractivity contribution < 1.29 is 0 Å². The van der Waals surface area contributed by atoms with E-state index < -0.39 is 0 Å². The van der Waals surface area contributed by atoms with Crippen LogP contribution in [0.25, 0.3) is 31.3 Å². The molecule has 2 heteroatoms. The number of benzene rings is 2. The van der Waals surface area contributed by atoms with E-state index in [9.17, 15) is 0 Å². The quantitative estimate of drug-likeness (QED) is 0.375. The molecule has 2 aromatic carbocycles. The fourth-order valence-corrected chi connectivity index (χ4v) is 4.85. The summed E-state index contributed by atoms with van der Waals surface area (Å²) >= 11 is 3.75. The van der Waals surface area contributed by atoms with Gasteiger partial charge in [-0.05, 0) is 36.2 Å². The van der Waals surface area contributed by atoms with Crippen LogP contribution < -0.4 is 0 Å². The number of thiophene rings is 2. The van der Waals surface area contributed by atoms with Gasteiger partial charge in [0.15, 0.2) is 0 Å². The molecule has 0 aliphatic heterocycles. The topological polar surface area (TPSA) is 0 Å². The van der Waals surface area contributed by atoms with Gasteiger partial charge in [-0.25, -0.2) is 0 Å². The van der Waals surface area contributed by atoms with Crippen LogP contribution in [0.1, 0.15) is 4.88 Å². The molecule has 2 heterocycles. The third-order valence-corrected chi connectivity index (χ3v) is 6.22. The zero-order valence-corrected chi connectivity index (χ0v) is 14.5. The Morgan fingerprint density at radius 1 is 0.609 bits per heavy atom. The van der Waals surface area contributed by atoms with Gasteiger partial charge in [0, 0.05) is 25.1 Å². The lowest BCUT2D eigenvalue weighted by Gasteiger charge is -2.03. The minimum atomic E-state index is 1.28. The highest BCUT2D eigenvalue weighted by Gasteiger charge is 2.14. The summed E-state index contributed by atoms with van der Waals surface area (Å²) in [6, 6.07) is 28.1. The molecule has 112 valence electrons. The van der Waals surface area contributed by atoms with E-state index in [1.807, 2.05) is 22.7 Å². The second-order valence-corrected chi connectivity index (χ2v) is 7.84. The van der Waals surface area contributed by atoms with Gasteiger partial charge in [-0.3, -0.25) is 0 Å². The molecule has 4 rings (SSSR count). The Balaban J connectivity index is 1.91. The van der Waals surface area contributed by atoms with E-state index in [2.05, 4.69) is 85.8 Å². The van der Waals surface area contributed by atoms with Crippen LogP contribution in [0.4, 0.5) is 0 Å². The normalized spacial score (nSPS) is 10.8. The van der Waals surface area contributed by atoms with Crippen molar-refractivity contribution in [1.82, 2.24) is 0 Å². The van der Waals surface area contributed by atoms with Crippen LogP contribution in [0.5, 0.6) is 0 Å². The molecule has 0 unspecified atom stereocenters. The summed E-state index contributed by atoms with van der Waals surface area (Å²) in [5, 5.41) is 0. The van der Waals surface area contributed by atoms with Gasteiger partial charge in [-0.1, -0.05) is 60.7 Å². The Kier molecular flexibility index (Phi) is 3.86. The lowest BCUT2D eigenvalue weighted by atomic mass is 10.0. The molecule has 0 fully saturated rings. The summed E-state index contributed by atoms with van der Waals surface area (Å²) in [6.07, 6.45) is 0. The summed E-state index contributed by atoms with van der Waals surface area (Å²) in [5.74, 6) is 0. The van der Waals surface area contributed by atoms with E-state index in [1.165, 1.54) is 36.2 Å². The van der Waals surface area contributed by atoms with E-state index in [0.29, 0.717) is 0 Å². The number of hydrogen-bond acceptors (Lipinski definition) is 2. The van der Waals surface area contributed by atoms with Gasteiger partial charge in [0.1, 0.15) is 0 Å². The molecule has 0 spiro atoms. The zero-order chi connectivity index (χ0) is 15.6. The molecular weight excluding hydrogens is 316 g/mol. The molecule has 0 N–H and O–H groups in total. The van der Waals surface area contributed by atoms with Crippen LogP contribution in [0.2, 0.25) is 0 Å². The minimum absolute atomic E-state index is 1.28. The van der Waals surface area contributed by atoms with Crippen molar-refractivity contribution in [2.75, 3.05) is 0 Å². The van der Waals surface area contributed by atoms with Crippen LogP contribution in [0.3, 0.4) is 0 Å². The average molecular weight is 332 g/mol. The van der Waals surface area contributed by atoms with Crippen molar-refractivity contribution in [3.63, 3.8) is 0 Å². The van der Waals surface area contributed by atoms with Gasteiger partial charge in [0.25, 0.3) is 0 Å². The summed E-state index contributed by atoms with van der Waals surface area (Å²) in [6.45, 7) is 2.16. The van der Waals surface area contributed by atoms with Crippen LogP contribution in [0, 0.1) is 6.92 Å². The Hall–Kier alpha value is -2.16. The van der Waals surface area contributed by atoms with Gasteiger partial charge < -0.3 is 0 Å². The zero-order valence-electron chi connectivity index (χ0n) is 12.8. The number of aryl methyl sites for hydroxylation is 1. The molecule has 2 aromatic heterocycles. The Morgan fingerprint density at radius 2 is 1.26 bits per heavy atom. The second-order valence-electron chi connectivity index (χ2n) is 5.50. The van der Waals surface area contributed by atoms with Crippen LogP contribution in [0.15, 0.2) is 78.9 Å². The van der Waals surface area contributed by atoms with Crippen molar-refractivity contribution in [2.45, 2.75) is 6.92 Å². The van der Waals surface area contributed by atoms with E-state index in [-0.39, 0.29) is 0 Å². The van der Waals surface area contributed by atoms with Gasteiger partial charge in [-0.2, -0.15) is 0 Å². The SMILES string of the molecule is Cc1ccc(-c2cc(-c3ccccc3)c(-c3ccccc3)s2)s1. The molecular formula is C21H16S2. The smallest absolute Gasteiger partial charge is 0.0455 e. The Labute approximate surface area is 144 Å². The maximum Gasteiger partial charge on any atom is 0.0455 e. The van der Waals surface area contributed by atoms with Crippen molar-refractivity contribution in [2.24, 2.45) is 0 Å². The van der Waals surface area contributed by atoms with Crippen molar-refractivity contribution in [3.8, 4) is 31.3 Å². The third-order valence-electron chi connectivity index (χ3n) is 3.84.